The largest absolute Gasteiger partial charge is 0.489 e. The van der Waals surface area contributed by atoms with E-state index in [9.17, 15) is 4.39 Å². The van der Waals surface area contributed by atoms with Crippen LogP contribution >= 0.6 is 0 Å². The number of oxime groups is 1. The maximum absolute atomic E-state index is 13.0. The van der Waals surface area contributed by atoms with Gasteiger partial charge < -0.3 is 15.7 Å². The lowest BCUT2D eigenvalue weighted by atomic mass is 10.2. The quantitative estimate of drug-likeness (QED) is 0.381. The molecule has 0 saturated carbocycles. The van der Waals surface area contributed by atoms with Crippen molar-refractivity contribution in [3.8, 4) is 5.75 Å². The van der Waals surface area contributed by atoms with Gasteiger partial charge in [0, 0.05) is 12.3 Å². The molecule has 0 bridgehead atoms. The fourth-order valence-corrected chi connectivity index (χ4v) is 1.48. The molecule has 0 saturated heterocycles. The lowest BCUT2D eigenvalue weighted by Gasteiger charge is -2.07. The molecule has 0 fully saturated rings. The van der Waals surface area contributed by atoms with E-state index in [-0.39, 0.29) is 18.3 Å². The Morgan fingerprint density at radius 2 is 2.21 bits per heavy atom. The number of hydrogen-bond donors (Lipinski definition) is 2. The average Bonchev–Trinajstić information content (AvgIpc) is 2.45. The zero-order chi connectivity index (χ0) is 13.7. The van der Waals surface area contributed by atoms with Crippen molar-refractivity contribution in [2.45, 2.75) is 6.61 Å². The van der Waals surface area contributed by atoms with Gasteiger partial charge in [0.05, 0.1) is 0 Å². The molecule has 0 radical (unpaired) electrons. The van der Waals surface area contributed by atoms with Gasteiger partial charge in [-0.3, -0.25) is 4.98 Å². The summed E-state index contributed by atoms with van der Waals surface area (Å²) in [6.07, 6.45) is 1.53. The van der Waals surface area contributed by atoms with E-state index in [0.717, 1.165) is 5.56 Å². The molecule has 6 heteroatoms. The van der Waals surface area contributed by atoms with Crippen molar-refractivity contribution in [2.24, 2.45) is 10.9 Å². The van der Waals surface area contributed by atoms with E-state index in [1.165, 1.54) is 18.3 Å². The molecule has 2 rings (SSSR count). The van der Waals surface area contributed by atoms with Crippen LogP contribution in [0.4, 0.5) is 4.39 Å². The second-order valence-electron chi connectivity index (χ2n) is 3.78. The third-order valence-corrected chi connectivity index (χ3v) is 2.40. The van der Waals surface area contributed by atoms with Crippen LogP contribution in [0.1, 0.15) is 11.3 Å². The van der Waals surface area contributed by atoms with E-state index in [1.807, 2.05) is 0 Å². The number of aromatic nitrogens is 1. The van der Waals surface area contributed by atoms with Crippen LogP contribution in [0.25, 0.3) is 0 Å². The minimum absolute atomic E-state index is 0.0763. The summed E-state index contributed by atoms with van der Waals surface area (Å²) in [5.74, 6) is -0.000610. The molecule has 0 aliphatic rings. The van der Waals surface area contributed by atoms with Gasteiger partial charge in [-0.05, 0) is 29.8 Å². The predicted octanol–water partition coefficient (Wildman–Crippen LogP) is 1.89. The lowest BCUT2D eigenvalue weighted by Crippen LogP contribution is -2.15. The van der Waals surface area contributed by atoms with E-state index >= 15 is 0 Å². The SMILES string of the molecule is NC(=NO)c1cc(COc2cccc(F)c2)ccn1. The molecule has 0 amide bonds. The highest BCUT2D eigenvalue weighted by Crippen LogP contribution is 2.14. The van der Waals surface area contributed by atoms with Crippen LogP contribution in [0.2, 0.25) is 0 Å². The molecule has 0 aliphatic carbocycles. The van der Waals surface area contributed by atoms with Crippen molar-refractivity contribution in [2.75, 3.05) is 0 Å². The standard InChI is InChI=1S/C13H12FN3O2/c14-10-2-1-3-11(7-10)19-8-9-4-5-16-12(6-9)13(15)17-18/h1-7,18H,8H2,(H2,15,17). The van der Waals surface area contributed by atoms with E-state index in [4.69, 9.17) is 15.7 Å². The highest BCUT2D eigenvalue weighted by molar-refractivity contribution is 5.95. The number of nitrogens with zero attached hydrogens (tertiary/aromatic N) is 2. The smallest absolute Gasteiger partial charge is 0.188 e. The van der Waals surface area contributed by atoms with E-state index in [0.29, 0.717) is 11.4 Å². The van der Waals surface area contributed by atoms with Crippen LogP contribution in [-0.2, 0) is 6.61 Å². The third kappa shape index (κ3) is 3.41. The molecule has 19 heavy (non-hydrogen) atoms. The molecule has 0 spiro atoms. The van der Waals surface area contributed by atoms with Gasteiger partial charge in [0.2, 0.25) is 0 Å². The van der Waals surface area contributed by atoms with Crippen LogP contribution in [0.15, 0.2) is 47.8 Å². The normalized spacial score (nSPS) is 11.3. The number of amidine groups is 1. The highest BCUT2D eigenvalue weighted by Gasteiger charge is 2.03. The minimum Gasteiger partial charge on any atom is -0.489 e. The molecule has 0 atom stereocenters. The Labute approximate surface area is 109 Å². The van der Waals surface area contributed by atoms with E-state index in [1.54, 1.807) is 24.3 Å². The van der Waals surface area contributed by atoms with Crippen LogP contribution in [0, 0.1) is 5.82 Å². The first kappa shape index (κ1) is 12.8. The number of benzene rings is 1. The summed E-state index contributed by atoms with van der Waals surface area (Å²) in [6.45, 7) is 0.234. The molecule has 98 valence electrons. The fraction of sp³-hybridized carbons (Fsp3) is 0.0769. The Morgan fingerprint density at radius 3 is 2.95 bits per heavy atom. The average molecular weight is 261 g/mol. The molecule has 3 N–H and O–H groups in total. The summed E-state index contributed by atoms with van der Waals surface area (Å²) in [6, 6.07) is 9.23. The first-order chi connectivity index (χ1) is 9.19. The Hall–Kier alpha value is -2.63. The molecule has 0 unspecified atom stereocenters. The second-order valence-corrected chi connectivity index (χ2v) is 3.78. The van der Waals surface area contributed by atoms with Crippen LogP contribution in [0.5, 0.6) is 5.75 Å². The molecule has 2 aromatic rings. The van der Waals surface area contributed by atoms with Gasteiger partial charge in [0.15, 0.2) is 5.84 Å². The van der Waals surface area contributed by atoms with Gasteiger partial charge in [-0.2, -0.15) is 0 Å². The number of pyridine rings is 1. The van der Waals surface area contributed by atoms with Crippen molar-refractivity contribution in [3.05, 3.63) is 59.7 Å². The third-order valence-electron chi connectivity index (χ3n) is 2.40. The maximum atomic E-state index is 13.0. The summed E-state index contributed by atoms with van der Waals surface area (Å²) >= 11 is 0. The van der Waals surface area contributed by atoms with Gasteiger partial charge in [-0.15, -0.1) is 0 Å². The second kappa shape index (κ2) is 5.81. The first-order valence-corrected chi connectivity index (χ1v) is 5.50. The summed E-state index contributed by atoms with van der Waals surface area (Å²) in [5, 5.41) is 11.4. The van der Waals surface area contributed by atoms with Gasteiger partial charge in [0.25, 0.3) is 0 Å². The monoisotopic (exact) mass is 261 g/mol. The van der Waals surface area contributed by atoms with Crippen LogP contribution < -0.4 is 10.5 Å². The van der Waals surface area contributed by atoms with Gasteiger partial charge in [-0.25, -0.2) is 4.39 Å². The summed E-state index contributed by atoms with van der Waals surface area (Å²) in [5.41, 5.74) is 6.57. The molecular formula is C13H12FN3O2. The fourth-order valence-electron chi connectivity index (χ4n) is 1.48. The van der Waals surface area contributed by atoms with Crippen molar-refractivity contribution in [3.63, 3.8) is 0 Å². The molecular weight excluding hydrogens is 249 g/mol. The van der Waals surface area contributed by atoms with Crippen LogP contribution in [-0.4, -0.2) is 16.0 Å². The Balaban J connectivity index is 2.08. The number of ether oxygens (including phenoxy) is 1. The zero-order valence-electron chi connectivity index (χ0n) is 9.95. The number of hydrogen-bond acceptors (Lipinski definition) is 4. The molecule has 5 nitrogen and oxygen atoms in total. The first-order valence-electron chi connectivity index (χ1n) is 5.50. The Bertz CT molecular complexity index is 602. The Morgan fingerprint density at radius 1 is 1.37 bits per heavy atom. The van der Waals surface area contributed by atoms with Crippen molar-refractivity contribution < 1.29 is 14.3 Å². The van der Waals surface area contributed by atoms with Crippen molar-refractivity contribution in [1.82, 2.24) is 4.98 Å². The zero-order valence-corrected chi connectivity index (χ0v) is 9.95. The highest BCUT2D eigenvalue weighted by atomic mass is 19.1. The summed E-state index contributed by atoms with van der Waals surface area (Å²) in [4.78, 5) is 3.95. The maximum Gasteiger partial charge on any atom is 0.188 e. The lowest BCUT2D eigenvalue weighted by molar-refractivity contribution is 0.304. The predicted molar refractivity (Wildman–Crippen MR) is 67.5 cm³/mol. The van der Waals surface area contributed by atoms with Crippen LogP contribution in [0.3, 0.4) is 0 Å². The topological polar surface area (TPSA) is 80.7 Å². The van der Waals surface area contributed by atoms with E-state index < -0.39 is 0 Å². The van der Waals surface area contributed by atoms with Gasteiger partial charge >= 0.3 is 0 Å². The summed E-state index contributed by atoms with van der Waals surface area (Å²) < 4.78 is 18.4. The number of nitrogens with two attached hydrogens (primary N) is 1. The summed E-state index contributed by atoms with van der Waals surface area (Å²) in [7, 11) is 0. The molecule has 1 aromatic heterocycles. The van der Waals surface area contributed by atoms with Crippen molar-refractivity contribution in [1.29, 1.82) is 0 Å². The molecule has 0 aliphatic heterocycles. The van der Waals surface area contributed by atoms with Crippen molar-refractivity contribution >= 4 is 5.84 Å². The van der Waals surface area contributed by atoms with Gasteiger partial charge in [0.1, 0.15) is 23.9 Å². The number of halogens is 1. The Kier molecular flexibility index (Phi) is 3.92. The van der Waals surface area contributed by atoms with Gasteiger partial charge in [-0.1, -0.05) is 11.2 Å². The minimum atomic E-state index is -0.357. The number of rotatable bonds is 4. The molecule has 1 aromatic carbocycles. The van der Waals surface area contributed by atoms with E-state index in [2.05, 4.69) is 10.1 Å². The molecule has 1 heterocycles.